The van der Waals surface area contributed by atoms with Crippen molar-refractivity contribution in [1.29, 1.82) is 0 Å². The van der Waals surface area contributed by atoms with Crippen molar-refractivity contribution in [3.8, 4) is 62.4 Å². The van der Waals surface area contributed by atoms with Gasteiger partial charge in [-0.1, -0.05) is 152 Å². The summed E-state index contributed by atoms with van der Waals surface area (Å²) in [4.78, 5) is 19.6. The SMILES string of the molecule is c1ccc(-c2nc(-c3ccccc3)nc(-c3ccc(-c4ccc(-n5c6ccccc6c6c(-c7nc8ccccc8o7)cccc65)c5ccccc45)cc3)n2)cc1. The lowest BCUT2D eigenvalue weighted by Gasteiger charge is -2.15. The third kappa shape index (κ3) is 5.27. The number of rotatable bonds is 6. The highest BCUT2D eigenvalue weighted by atomic mass is 16.3. The van der Waals surface area contributed by atoms with E-state index in [4.69, 9.17) is 24.4 Å². The van der Waals surface area contributed by atoms with Crippen molar-refractivity contribution in [3.05, 3.63) is 188 Å². The molecule has 11 aromatic rings. The molecule has 0 aliphatic carbocycles. The van der Waals surface area contributed by atoms with Crippen LogP contribution in [0, 0.1) is 0 Å². The van der Waals surface area contributed by atoms with Gasteiger partial charge in [-0.3, -0.25) is 0 Å². The molecule has 0 saturated heterocycles. The summed E-state index contributed by atoms with van der Waals surface area (Å²) in [5.41, 5.74) is 11.0. The normalized spacial score (nSPS) is 11.6. The topological polar surface area (TPSA) is 69.6 Å². The number of para-hydroxylation sites is 3. The molecule has 56 heavy (non-hydrogen) atoms. The van der Waals surface area contributed by atoms with Crippen LogP contribution >= 0.6 is 0 Å². The van der Waals surface area contributed by atoms with E-state index in [-0.39, 0.29) is 0 Å². The number of hydrogen-bond acceptors (Lipinski definition) is 5. The molecule has 3 aromatic heterocycles. The van der Waals surface area contributed by atoms with Gasteiger partial charge in [0.1, 0.15) is 5.52 Å². The molecule has 0 amide bonds. The minimum absolute atomic E-state index is 0.619. The minimum Gasteiger partial charge on any atom is -0.436 e. The first-order valence-corrected chi connectivity index (χ1v) is 18.6. The lowest BCUT2D eigenvalue weighted by Crippen LogP contribution is -2.00. The van der Waals surface area contributed by atoms with E-state index in [1.807, 2.05) is 84.9 Å². The molecule has 0 radical (unpaired) electrons. The van der Waals surface area contributed by atoms with E-state index in [1.54, 1.807) is 0 Å². The van der Waals surface area contributed by atoms with Crippen molar-refractivity contribution < 1.29 is 4.42 Å². The lowest BCUT2D eigenvalue weighted by molar-refractivity contribution is 0.620. The van der Waals surface area contributed by atoms with E-state index in [1.165, 1.54) is 0 Å². The first-order valence-electron chi connectivity index (χ1n) is 18.6. The Morgan fingerprint density at radius 3 is 1.61 bits per heavy atom. The maximum Gasteiger partial charge on any atom is 0.228 e. The Morgan fingerprint density at radius 1 is 0.357 bits per heavy atom. The molecule has 8 aromatic carbocycles. The summed E-state index contributed by atoms with van der Waals surface area (Å²) in [5, 5.41) is 4.58. The Balaban J connectivity index is 1.03. The third-order valence-electron chi connectivity index (χ3n) is 10.5. The van der Waals surface area contributed by atoms with Gasteiger partial charge in [-0.2, -0.15) is 0 Å². The van der Waals surface area contributed by atoms with E-state index in [0.717, 1.165) is 82.7 Å². The summed E-state index contributed by atoms with van der Waals surface area (Å²) in [7, 11) is 0. The van der Waals surface area contributed by atoms with Crippen molar-refractivity contribution in [2.45, 2.75) is 0 Å². The number of aromatic nitrogens is 5. The molecular formula is C50H31N5O. The summed E-state index contributed by atoms with van der Waals surface area (Å²) < 4.78 is 8.69. The fourth-order valence-electron chi connectivity index (χ4n) is 7.91. The molecular weight excluding hydrogens is 687 g/mol. The number of benzene rings is 8. The van der Waals surface area contributed by atoms with E-state index in [9.17, 15) is 0 Å². The number of oxazole rings is 1. The Hall–Kier alpha value is -7.70. The van der Waals surface area contributed by atoms with Crippen molar-refractivity contribution >= 4 is 43.7 Å². The van der Waals surface area contributed by atoms with Gasteiger partial charge in [0.15, 0.2) is 23.1 Å². The zero-order chi connectivity index (χ0) is 37.0. The first-order chi connectivity index (χ1) is 27.8. The van der Waals surface area contributed by atoms with E-state index >= 15 is 0 Å². The molecule has 0 fully saturated rings. The van der Waals surface area contributed by atoms with Crippen LogP contribution in [0.4, 0.5) is 0 Å². The average Bonchev–Trinajstić information content (AvgIpc) is 3.86. The Bertz CT molecular complexity index is 3150. The van der Waals surface area contributed by atoms with Crippen molar-refractivity contribution in [1.82, 2.24) is 24.5 Å². The zero-order valence-electron chi connectivity index (χ0n) is 30.0. The summed E-state index contributed by atoms with van der Waals surface area (Å²) in [6.07, 6.45) is 0. The third-order valence-corrected chi connectivity index (χ3v) is 10.5. The summed E-state index contributed by atoms with van der Waals surface area (Å²) in [6, 6.07) is 64.7. The van der Waals surface area contributed by atoms with Gasteiger partial charge in [-0.05, 0) is 52.9 Å². The van der Waals surface area contributed by atoms with Gasteiger partial charge in [-0.15, -0.1) is 0 Å². The summed E-state index contributed by atoms with van der Waals surface area (Å²) in [6.45, 7) is 0. The smallest absolute Gasteiger partial charge is 0.228 e. The molecule has 0 spiro atoms. The molecule has 0 bridgehead atoms. The molecule has 3 heterocycles. The Morgan fingerprint density at radius 2 is 0.911 bits per heavy atom. The average molecular weight is 718 g/mol. The second-order valence-corrected chi connectivity index (χ2v) is 13.8. The van der Waals surface area contributed by atoms with Crippen LogP contribution in [0.3, 0.4) is 0 Å². The van der Waals surface area contributed by atoms with E-state index in [2.05, 4.69) is 108 Å². The molecule has 6 heteroatoms. The first kappa shape index (κ1) is 31.8. The highest BCUT2D eigenvalue weighted by Crippen LogP contribution is 2.42. The van der Waals surface area contributed by atoms with Crippen molar-refractivity contribution in [2.75, 3.05) is 0 Å². The van der Waals surface area contributed by atoms with E-state index in [0.29, 0.717) is 23.4 Å². The standard InChI is InChI=1S/C50H31N5O/c1-3-14-33(15-4-1)47-52-48(34-16-5-2-6-17-34)54-49(53-47)35-28-26-32(27-29-35)36-30-31-43(38-19-8-7-18-37(36)38)55-42-23-11-9-20-39(42)46-40(21-13-24-44(46)55)50-51-41-22-10-12-25-45(41)56-50/h1-31H. The second-order valence-electron chi connectivity index (χ2n) is 13.8. The summed E-state index contributed by atoms with van der Waals surface area (Å²) >= 11 is 0. The molecule has 0 aliphatic heterocycles. The van der Waals surface area contributed by atoms with E-state index < -0.39 is 0 Å². The van der Waals surface area contributed by atoms with Gasteiger partial charge in [0.2, 0.25) is 5.89 Å². The van der Waals surface area contributed by atoms with Crippen LogP contribution in [0.1, 0.15) is 0 Å². The number of fused-ring (bicyclic) bond motifs is 5. The van der Waals surface area contributed by atoms with Crippen LogP contribution in [0.5, 0.6) is 0 Å². The maximum absolute atomic E-state index is 6.32. The highest BCUT2D eigenvalue weighted by Gasteiger charge is 2.21. The fraction of sp³-hybridized carbons (Fsp3) is 0. The maximum atomic E-state index is 6.32. The fourth-order valence-corrected chi connectivity index (χ4v) is 7.91. The zero-order valence-corrected chi connectivity index (χ0v) is 30.0. The molecule has 0 atom stereocenters. The largest absolute Gasteiger partial charge is 0.436 e. The van der Waals surface area contributed by atoms with Gasteiger partial charge in [-0.25, -0.2) is 19.9 Å². The summed E-state index contributed by atoms with van der Waals surface area (Å²) in [5.74, 6) is 2.54. The predicted molar refractivity (Wildman–Crippen MR) is 226 cm³/mol. The molecule has 0 saturated carbocycles. The molecule has 0 unspecified atom stereocenters. The van der Waals surface area contributed by atoms with Gasteiger partial charge < -0.3 is 8.98 Å². The van der Waals surface area contributed by atoms with Crippen LogP contribution in [0.25, 0.3) is 106 Å². The quantitative estimate of drug-likeness (QED) is 0.171. The lowest BCUT2D eigenvalue weighted by atomic mass is 9.96. The Labute approximate surface area is 322 Å². The number of nitrogens with zero attached hydrogens (tertiary/aromatic N) is 5. The van der Waals surface area contributed by atoms with Gasteiger partial charge >= 0.3 is 0 Å². The second kappa shape index (κ2) is 13.0. The molecule has 11 rings (SSSR count). The monoisotopic (exact) mass is 717 g/mol. The molecule has 262 valence electrons. The molecule has 0 aliphatic rings. The van der Waals surface area contributed by atoms with Crippen LogP contribution in [-0.4, -0.2) is 24.5 Å². The minimum atomic E-state index is 0.619. The van der Waals surface area contributed by atoms with Crippen LogP contribution < -0.4 is 0 Å². The van der Waals surface area contributed by atoms with Gasteiger partial charge in [0.05, 0.1) is 16.7 Å². The predicted octanol–water partition coefficient (Wildman–Crippen LogP) is 12.6. The van der Waals surface area contributed by atoms with Crippen molar-refractivity contribution in [2.24, 2.45) is 0 Å². The van der Waals surface area contributed by atoms with Crippen LogP contribution in [0.15, 0.2) is 192 Å². The molecule has 0 N–H and O–H groups in total. The van der Waals surface area contributed by atoms with Gasteiger partial charge in [0.25, 0.3) is 0 Å². The molecule has 6 nitrogen and oxygen atoms in total. The van der Waals surface area contributed by atoms with Crippen molar-refractivity contribution in [3.63, 3.8) is 0 Å². The highest BCUT2D eigenvalue weighted by molar-refractivity contribution is 6.16. The Kier molecular flexibility index (Phi) is 7.38. The van der Waals surface area contributed by atoms with Crippen LogP contribution in [-0.2, 0) is 0 Å². The number of hydrogen-bond donors (Lipinski definition) is 0. The van der Waals surface area contributed by atoms with Crippen LogP contribution in [0.2, 0.25) is 0 Å². The van der Waals surface area contributed by atoms with Gasteiger partial charge in [0, 0.05) is 38.4 Å².